The lowest BCUT2D eigenvalue weighted by molar-refractivity contribution is 0.153. The number of hydrogen-bond acceptors (Lipinski definition) is 2. The van der Waals surface area contributed by atoms with Gasteiger partial charge in [-0.25, -0.2) is 0 Å². The summed E-state index contributed by atoms with van der Waals surface area (Å²) in [5, 5.41) is 20.4. The van der Waals surface area contributed by atoms with Gasteiger partial charge in [0.05, 0.1) is 0 Å². The molecule has 194 valence electrons. The zero-order chi connectivity index (χ0) is 26.2. The molecule has 2 aliphatic carbocycles. The Hall–Kier alpha value is -3.20. The molecule has 0 heterocycles. The molecule has 4 aromatic rings. The normalized spacial score (nSPS) is 15.7. The topological polar surface area (TPSA) is 40.5 Å². The van der Waals surface area contributed by atoms with Crippen LogP contribution in [0.5, 0.6) is 0 Å². The first-order valence-electron chi connectivity index (χ1n) is 14.3. The second-order valence-corrected chi connectivity index (χ2v) is 11.1. The van der Waals surface area contributed by atoms with Gasteiger partial charge in [-0.05, 0) is 82.5 Å². The molecule has 2 aliphatic rings. The highest BCUT2D eigenvalue weighted by Gasteiger charge is 2.58. The molecule has 0 spiro atoms. The summed E-state index contributed by atoms with van der Waals surface area (Å²) in [5.41, 5.74) is 10.4. The summed E-state index contributed by atoms with van der Waals surface area (Å²) in [5.74, 6) is 0.257. The summed E-state index contributed by atoms with van der Waals surface area (Å²) in [6, 6.07) is 36.0. The fourth-order valence-corrected chi connectivity index (χ4v) is 8.27. The largest absolute Gasteiger partial charge is 0.396 e. The van der Waals surface area contributed by atoms with Gasteiger partial charge in [-0.15, -0.1) is 0 Å². The van der Waals surface area contributed by atoms with Crippen molar-refractivity contribution >= 4 is 0 Å². The fraction of sp³-hybridized carbons (Fsp3) is 0.333. The molecule has 6 rings (SSSR count). The van der Waals surface area contributed by atoms with Crippen LogP contribution in [0.25, 0.3) is 22.3 Å². The maximum atomic E-state index is 10.2. The standard InChI is InChI=1S/C36H38O2/c1-2-13-34(35(22-11-24-37)30-18-7-3-14-26(30)27-15-4-8-19-31(27)35)36(23-12-25-38)32-20-9-5-16-28(32)29-17-6-10-21-33(29)36/h3-10,14-21,34,37-38H,2,11-13,22-25H2,1H3. The van der Waals surface area contributed by atoms with E-state index in [1.54, 1.807) is 0 Å². The predicted molar refractivity (Wildman–Crippen MR) is 156 cm³/mol. The number of fused-ring (bicyclic) bond motifs is 6. The van der Waals surface area contributed by atoms with Crippen molar-refractivity contribution in [1.82, 2.24) is 0 Å². The predicted octanol–water partition coefficient (Wildman–Crippen LogP) is 7.88. The lowest BCUT2D eigenvalue weighted by Crippen LogP contribution is -2.48. The Bertz CT molecular complexity index is 1240. The summed E-state index contributed by atoms with van der Waals surface area (Å²) >= 11 is 0. The SMILES string of the molecule is CCCC(C1(CCCO)c2ccccc2-c2ccccc21)C1(CCCO)c2ccccc2-c2ccccc21. The van der Waals surface area contributed by atoms with Crippen LogP contribution in [0.1, 0.15) is 67.7 Å². The van der Waals surface area contributed by atoms with Crippen molar-refractivity contribution in [3.8, 4) is 22.3 Å². The van der Waals surface area contributed by atoms with Crippen molar-refractivity contribution in [3.63, 3.8) is 0 Å². The molecule has 2 heteroatoms. The quantitative estimate of drug-likeness (QED) is 0.232. The van der Waals surface area contributed by atoms with Crippen molar-refractivity contribution in [2.45, 2.75) is 56.3 Å². The number of rotatable bonds is 10. The van der Waals surface area contributed by atoms with E-state index in [-0.39, 0.29) is 30.0 Å². The van der Waals surface area contributed by atoms with E-state index < -0.39 is 0 Å². The van der Waals surface area contributed by atoms with Crippen molar-refractivity contribution < 1.29 is 10.2 Å². The number of aliphatic hydroxyl groups excluding tert-OH is 2. The van der Waals surface area contributed by atoms with Crippen LogP contribution in [-0.2, 0) is 10.8 Å². The highest BCUT2D eigenvalue weighted by molar-refractivity contribution is 5.84. The summed E-state index contributed by atoms with van der Waals surface area (Å²) < 4.78 is 0. The van der Waals surface area contributed by atoms with E-state index in [0.29, 0.717) is 0 Å². The van der Waals surface area contributed by atoms with E-state index in [0.717, 1.165) is 38.5 Å². The number of hydrogen-bond donors (Lipinski definition) is 2. The molecular weight excluding hydrogens is 464 g/mol. The Kier molecular flexibility index (Phi) is 6.72. The number of benzene rings is 4. The lowest BCUT2D eigenvalue weighted by Gasteiger charge is -2.51. The highest BCUT2D eigenvalue weighted by atomic mass is 16.3. The van der Waals surface area contributed by atoms with E-state index in [2.05, 4.69) is 104 Å². The molecular formula is C36H38O2. The van der Waals surface area contributed by atoms with Gasteiger partial charge in [0.2, 0.25) is 0 Å². The van der Waals surface area contributed by atoms with Gasteiger partial charge in [0.1, 0.15) is 0 Å². The third-order valence-corrected chi connectivity index (χ3v) is 9.44. The van der Waals surface area contributed by atoms with Gasteiger partial charge in [0, 0.05) is 24.0 Å². The van der Waals surface area contributed by atoms with Crippen LogP contribution in [0.2, 0.25) is 0 Å². The van der Waals surface area contributed by atoms with Crippen LogP contribution in [0.4, 0.5) is 0 Å². The van der Waals surface area contributed by atoms with Crippen LogP contribution in [0.3, 0.4) is 0 Å². The number of aliphatic hydroxyl groups is 2. The molecule has 0 amide bonds. The molecule has 0 saturated heterocycles. The third kappa shape index (κ3) is 3.47. The molecule has 0 saturated carbocycles. The van der Waals surface area contributed by atoms with Gasteiger partial charge in [-0.3, -0.25) is 0 Å². The van der Waals surface area contributed by atoms with E-state index in [1.165, 1.54) is 44.5 Å². The molecule has 2 nitrogen and oxygen atoms in total. The van der Waals surface area contributed by atoms with E-state index in [1.807, 2.05) is 0 Å². The first-order valence-corrected chi connectivity index (χ1v) is 14.3. The Morgan fingerprint density at radius 2 is 0.842 bits per heavy atom. The maximum absolute atomic E-state index is 10.2. The van der Waals surface area contributed by atoms with E-state index >= 15 is 0 Å². The third-order valence-electron chi connectivity index (χ3n) is 9.44. The summed E-state index contributed by atoms with van der Waals surface area (Å²) in [7, 11) is 0. The van der Waals surface area contributed by atoms with Crippen molar-refractivity contribution in [2.75, 3.05) is 13.2 Å². The molecule has 0 atom stereocenters. The molecule has 0 aromatic heterocycles. The molecule has 0 unspecified atom stereocenters. The van der Waals surface area contributed by atoms with Crippen molar-refractivity contribution in [2.24, 2.45) is 5.92 Å². The van der Waals surface area contributed by atoms with Gasteiger partial charge in [-0.1, -0.05) is 110 Å². The maximum Gasteiger partial charge on any atom is 0.0431 e. The molecule has 4 aromatic carbocycles. The van der Waals surface area contributed by atoms with Gasteiger partial charge < -0.3 is 10.2 Å². The smallest absolute Gasteiger partial charge is 0.0431 e. The summed E-state index contributed by atoms with van der Waals surface area (Å²) in [6.45, 7) is 2.68. The molecule has 0 bridgehead atoms. The first kappa shape index (κ1) is 25.1. The summed E-state index contributed by atoms with van der Waals surface area (Å²) in [4.78, 5) is 0. The molecule has 38 heavy (non-hydrogen) atoms. The van der Waals surface area contributed by atoms with Crippen LogP contribution in [-0.4, -0.2) is 23.4 Å². The van der Waals surface area contributed by atoms with E-state index in [9.17, 15) is 10.2 Å². The Balaban J connectivity index is 1.72. The minimum absolute atomic E-state index is 0.182. The molecule has 2 N–H and O–H groups in total. The zero-order valence-electron chi connectivity index (χ0n) is 22.4. The van der Waals surface area contributed by atoms with Gasteiger partial charge in [0.15, 0.2) is 0 Å². The van der Waals surface area contributed by atoms with Crippen molar-refractivity contribution in [1.29, 1.82) is 0 Å². The van der Waals surface area contributed by atoms with Crippen LogP contribution in [0.15, 0.2) is 97.1 Å². The second-order valence-electron chi connectivity index (χ2n) is 11.1. The van der Waals surface area contributed by atoms with Gasteiger partial charge in [-0.2, -0.15) is 0 Å². The lowest BCUT2D eigenvalue weighted by atomic mass is 9.51. The minimum Gasteiger partial charge on any atom is -0.396 e. The van der Waals surface area contributed by atoms with Crippen LogP contribution < -0.4 is 0 Å². The fourth-order valence-electron chi connectivity index (χ4n) is 8.27. The zero-order valence-corrected chi connectivity index (χ0v) is 22.4. The van der Waals surface area contributed by atoms with Crippen molar-refractivity contribution in [3.05, 3.63) is 119 Å². The Labute approximate surface area is 227 Å². The minimum atomic E-state index is -0.244. The summed E-state index contributed by atoms with van der Waals surface area (Å²) in [6.07, 6.45) is 5.43. The highest BCUT2D eigenvalue weighted by Crippen LogP contribution is 2.65. The van der Waals surface area contributed by atoms with Crippen LogP contribution >= 0.6 is 0 Å². The monoisotopic (exact) mass is 502 g/mol. The molecule has 0 radical (unpaired) electrons. The average Bonchev–Trinajstić information content (AvgIpc) is 3.42. The Morgan fingerprint density at radius 1 is 0.526 bits per heavy atom. The average molecular weight is 503 g/mol. The van der Waals surface area contributed by atoms with Gasteiger partial charge >= 0.3 is 0 Å². The van der Waals surface area contributed by atoms with Gasteiger partial charge in [0.25, 0.3) is 0 Å². The first-order chi connectivity index (χ1) is 18.7. The van der Waals surface area contributed by atoms with E-state index in [4.69, 9.17) is 0 Å². The Morgan fingerprint density at radius 3 is 1.13 bits per heavy atom. The van der Waals surface area contributed by atoms with Crippen LogP contribution in [0, 0.1) is 5.92 Å². The molecule has 0 fully saturated rings. The second kappa shape index (κ2) is 10.2. The molecule has 0 aliphatic heterocycles.